The number of nitrogens with zero attached hydrogens (tertiary/aromatic N) is 1. The molecule has 2 N–H and O–H groups in total. The van der Waals surface area contributed by atoms with Crippen molar-refractivity contribution in [1.29, 1.82) is 0 Å². The second kappa shape index (κ2) is 9.38. The number of hydroxylamine groups is 1. The molecule has 3 aromatic rings. The average Bonchev–Trinajstić information content (AvgIpc) is 3.28. The lowest BCUT2D eigenvalue weighted by atomic mass is 9.90. The summed E-state index contributed by atoms with van der Waals surface area (Å²) < 4.78 is 5.81. The maximum absolute atomic E-state index is 12.8. The number of hydrogen-bond acceptors (Lipinski definition) is 4. The minimum atomic E-state index is -0.361. The van der Waals surface area contributed by atoms with E-state index in [9.17, 15) is 4.79 Å². The number of carbonyl (C=O) groups excluding carboxylic acids is 1. The molecule has 0 radical (unpaired) electrons. The number of urea groups is 1. The van der Waals surface area contributed by atoms with Crippen LogP contribution >= 0.6 is 0 Å². The third-order valence-electron chi connectivity index (χ3n) is 6.11. The molecule has 0 aromatic heterocycles. The SMILES string of the molecule is O=C(Nc1ccc(OCc2ccccc2)cc1)N1CCC2(C=C(c3ccccc3)NO2)CC1. The molecule has 1 fully saturated rings. The standard InChI is InChI=1S/C27H27N3O3/c31-26(28-23-11-13-24(14-12-23)32-20-21-7-3-1-4-8-21)30-17-15-27(16-18-30)19-25(29-33-27)22-9-5-2-6-10-22/h1-14,19,29H,15-18,20H2,(H,28,31). The zero-order valence-electron chi connectivity index (χ0n) is 18.4. The molecule has 3 aromatic carbocycles. The fourth-order valence-electron chi connectivity index (χ4n) is 4.15. The number of benzene rings is 3. The largest absolute Gasteiger partial charge is 0.489 e. The molecular formula is C27H27N3O3. The predicted molar refractivity (Wildman–Crippen MR) is 128 cm³/mol. The van der Waals surface area contributed by atoms with Crippen molar-refractivity contribution >= 4 is 17.4 Å². The van der Waals surface area contributed by atoms with Gasteiger partial charge >= 0.3 is 6.03 Å². The number of hydrogen-bond donors (Lipinski definition) is 2. The van der Waals surface area contributed by atoms with E-state index in [4.69, 9.17) is 9.57 Å². The Balaban J connectivity index is 1.12. The molecule has 2 amide bonds. The highest BCUT2D eigenvalue weighted by Gasteiger charge is 2.39. The number of nitrogens with one attached hydrogen (secondary N) is 2. The Bertz CT molecular complexity index is 1110. The van der Waals surface area contributed by atoms with Gasteiger partial charge in [0.25, 0.3) is 0 Å². The molecule has 0 unspecified atom stereocenters. The normalized spacial score (nSPS) is 16.7. The van der Waals surface area contributed by atoms with Crippen LogP contribution in [0.25, 0.3) is 5.70 Å². The van der Waals surface area contributed by atoms with E-state index in [1.54, 1.807) is 0 Å². The molecule has 6 nitrogen and oxygen atoms in total. The summed E-state index contributed by atoms with van der Waals surface area (Å²) in [5.41, 5.74) is 6.67. The number of likely N-dealkylation sites (tertiary alicyclic amines) is 1. The van der Waals surface area contributed by atoms with E-state index in [1.807, 2.05) is 77.7 Å². The number of rotatable bonds is 5. The van der Waals surface area contributed by atoms with Gasteiger partial charge in [-0.25, -0.2) is 4.79 Å². The van der Waals surface area contributed by atoms with Crippen LogP contribution in [-0.2, 0) is 11.4 Å². The Morgan fingerprint density at radius 2 is 1.61 bits per heavy atom. The maximum Gasteiger partial charge on any atom is 0.321 e. The van der Waals surface area contributed by atoms with Crippen LogP contribution in [-0.4, -0.2) is 29.6 Å². The van der Waals surface area contributed by atoms with Crippen molar-refractivity contribution in [2.24, 2.45) is 0 Å². The van der Waals surface area contributed by atoms with Crippen LogP contribution < -0.4 is 15.5 Å². The quantitative estimate of drug-likeness (QED) is 0.571. The summed E-state index contributed by atoms with van der Waals surface area (Å²) in [5.74, 6) is 0.767. The van der Waals surface area contributed by atoms with Gasteiger partial charge in [0.2, 0.25) is 0 Å². The summed E-state index contributed by atoms with van der Waals surface area (Å²) in [6.45, 7) is 1.77. The van der Waals surface area contributed by atoms with Crippen molar-refractivity contribution in [3.05, 3.63) is 102 Å². The zero-order chi connectivity index (χ0) is 22.5. The first kappa shape index (κ1) is 21.1. The number of amides is 2. The van der Waals surface area contributed by atoms with E-state index in [0.717, 1.165) is 41.1 Å². The van der Waals surface area contributed by atoms with E-state index in [1.165, 1.54) is 0 Å². The van der Waals surface area contributed by atoms with Crippen LogP contribution in [0.5, 0.6) is 5.75 Å². The molecule has 1 saturated heterocycles. The van der Waals surface area contributed by atoms with Gasteiger partial charge < -0.3 is 15.0 Å². The van der Waals surface area contributed by atoms with E-state index in [-0.39, 0.29) is 11.6 Å². The lowest BCUT2D eigenvalue weighted by Gasteiger charge is -2.36. The van der Waals surface area contributed by atoms with Crippen molar-refractivity contribution in [1.82, 2.24) is 10.4 Å². The van der Waals surface area contributed by atoms with Crippen molar-refractivity contribution < 1.29 is 14.4 Å². The molecule has 1 spiro atoms. The summed E-state index contributed by atoms with van der Waals surface area (Å²) in [6, 6.07) is 27.5. The lowest BCUT2D eigenvalue weighted by molar-refractivity contribution is -0.0634. The number of ether oxygens (including phenoxy) is 1. The highest BCUT2D eigenvalue weighted by Crippen LogP contribution is 2.34. The first-order chi connectivity index (χ1) is 16.2. The van der Waals surface area contributed by atoms with Crippen molar-refractivity contribution in [3.8, 4) is 5.75 Å². The van der Waals surface area contributed by atoms with Crippen LogP contribution in [0.1, 0.15) is 24.0 Å². The Hall–Kier alpha value is -3.77. The molecule has 2 heterocycles. The van der Waals surface area contributed by atoms with Crippen LogP contribution in [0, 0.1) is 0 Å². The summed E-state index contributed by atoms with van der Waals surface area (Å²) in [5, 5.41) is 2.99. The molecule has 0 bridgehead atoms. The molecule has 2 aliphatic rings. The summed E-state index contributed by atoms with van der Waals surface area (Å²) in [6.07, 6.45) is 3.65. The van der Waals surface area contributed by atoms with Crippen molar-refractivity contribution in [2.75, 3.05) is 18.4 Å². The number of piperidine rings is 1. The fourth-order valence-corrected chi connectivity index (χ4v) is 4.15. The Labute approximate surface area is 193 Å². The third-order valence-corrected chi connectivity index (χ3v) is 6.11. The van der Waals surface area contributed by atoms with Gasteiger partial charge in [0, 0.05) is 31.6 Å². The maximum atomic E-state index is 12.8. The minimum Gasteiger partial charge on any atom is -0.489 e. The van der Waals surface area contributed by atoms with Crippen LogP contribution in [0.3, 0.4) is 0 Å². The second-order valence-corrected chi connectivity index (χ2v) is 8.41. The summed E-state index contributed by atoms with van der Waals surface area (Å²) in [7, 11) is 0. The van der Waals surface area contributed by atoms with Crippen LogP contribution in [0.4, 0.5) is 10.5 Å². The fraction of sp³-hybridized carbons (Fsp3) is 0.222. The molecule has 6 heteroatoms. The topological polar surface area (TPSA) is 62.8 Å². The van der Waals surface area contributed by atoms with Crippen molar-refractivity contribution in [3.63, 3.8) is 0 Å². The minimum absolute atomic E-state index is 0.0963. The van der Waals surface area contributed by atoms with Gasteiger partial charge in [-0.3, -0.25) is 10.3 Å². The highest BCUT2D eigenvalue weighted by atomic mass is 16.7. The van der Waals surface area contributed by atoms with Crippen LogP contribution in [0.15, 0.2) is 91.0 Å². The molecule has 5 rings (SSSR count). The lowest BCUT2D eigenvalue weighted by Crippen LogP contribution is -2.48. The smallest absolute Gasteiger partial charge is 0.321 e. The molecule has 168 valence electrons. The van der Waals surface area contributed by atoms with Gasteiger partial charge in [0.05, 0.1) is 5.70 Å². The molecular weight excluding hydrogens is 414 g/mol. The molecule has 0 aliphatic carbocycles. The predicted octanol–water partition coefficient (Wildman–Crippen LogP) is 5.21. The Kier molecular flexibility index (Phi) is 6.00. The number of carbonyl (C=O) groups is 1. The summed E-state index contributed by atoms with van der Waals surface area (Å²) in [4.78, 5) is 20.5. The Morgan fingerprint density at radius 1 is 0.939 bits per heavy atom. The van der Waals surface area contributed by atoms with Gasteiger partial charge in [-0.2, -0.15) is 0 Å². The van der Waals surface area contributed by atoms with E-state index < -0.39 is 0 Å². The van der Waals surface area contributed by atoms with Crippen LogP contribution in [0.2, 0.25) is 0 Å². The monoisotopic (exact) mass is 441 g/mol. The number of anilines is 1. The van der Waals surface area contributed by atoms with E-state index >= 15 is 0 Å². The first-order valence-corrected chi connectivity index (χ1v) is 11.2. The van der Waals surface area contributed by atoms with Gasteiger partial charge in [0.1, 0.15) is 18.0 Å². The summed E-state index contributed by atoms with van der Waals surface area (Å²) >= 11 is 0. The average molecular weight is 442 g/mol. The van der Waals surface area contributed by atoms with Gasteiger partial charge in [0.15, 0.2) is 0 Å². The highest BCUT2D eigenvalue weighted by molar-refractivity contribution is 5.89. The first-order valence-electron chi connectivity index (χ1n) is 11.2. The van der Waals surface area contributed by atoms with Crippen molar-refractivity contribution in [2.45, 2.75) is 25.0 Å². The van der Waals surface area contributed by atoms with Gasteiger partial charge in [-0.1, -0.05) is 60.7 Å². The molecule has 2 aliphatic heterocycles. The van der Waals surface area contributed by atoms with Gasteiger partial charge in [-0.05, 0) is 41.5 Å². The molecule has 0 saturated carbocycles. The van der Waals surface area contributed by atoms with Gasteiger partial charge in [-0.15, -0.1) is 0 Å². The third kappa shape index (κ3) is 5.02. The molecule has 0 atom stereocenters. The van der Waals surface area contributed by atoms with E-state index in [0.29, 0.717) is 19.7 Å². The zero-order valence-corrected chi connectivity index (χ0v) is 18.4. The second-order valence-electron chi connectivity index (χ2n) is 8.41. The van der Waals surface area contributed by atoms with E-state index in [2.05, 4.69) is 29.0 Å². The Morgan fingerprint density at radius 3 is 2.30 bits per heavy atom. The molecule has 33 heavy (non-hydrogen) atoms.